The van der Waals surface area contributed by atoms with E-state index in [0.717, 1.165) is 6.42 Å². The zero-order chi connectivity index (χ0) is 19.6. The minimum Gasteiger partial charge on any atom is -0.481 e. The van der Waals surface area contributed by atoms with Gasteiger partial charge in [-0.15, -0.1) is 0 Å². The predicted octanol–water partition coefficient (Wildman–Crippen LogP) is 4.53. The van der Waals surface area contributed by atoms with E-state index in [9.17, 15) is 23.5 Å². The minimum atomic E-state index is -3.32. The number of rotatable bonds is 12. The van der Waals surface area contributed by atoms with E-state index in [1.807, 2.05) is 19.1 Å². The number of aliphatic hydroxyl groups excluding tert-OH is 1. The fraction of sp³-hybridized carbons (Fsp3) is 0.700. The molecule has 0 amide bonds. The molecule has 1 fully saturated rings. The first-order valence-electron chi connectivity index (χ1n) is 9.42. The van der Waals surface area contributed by atoms with Crippen LogP contribution in [0.4, 0.5) is 8.78 Å². The maximum atomic E-state index is 14.0. The van der Waals surface area contributed by atoms with Gasteiger partial charge in [0.15, 0.2) is 0 Å². The predicted molar refractivity (Wildman–Crippen MR) is 96.1 cm³/mol. The van der Waals surface area contributed by atoms with Crippen molar-refractivity contribution in [2.45, 2.75) is 76.7 Å². The highest BCUT2D eigenvalue weighted by atomic mass is 19.3. The summed E-state index contributed by atoms with van der Waals surface area (Å²) in [5, 5.41) is 18.2. The number of alkyl halides is 2. The van der Waals surface area contributed by atoms with E-state index in [1.54, 1.807) is 0 Å². The first-order chi connectivity index (χ1) is 12.3. The van der Waals surface area contributed by atoms with Crippen LogP contribution in [0, 0.1) is 11.8 Å². The number of aliphatic carboxylic acids is 1. The van der Waals surface area contributed by atoms with Gasteiger partial charge < -0.3 is 10.2 Å². The molecule has 26 heavy (non-hydrogen) atoms. The molecule has 148 valence electrons. The summed E-state index contributed by atoms with van der Waals surface area (Å²) in [5.74, 6) is -4.74. The molecule has 1 saturated carbocycles. The van der Waals surface area contributed by atoms with Crippen LogP contribution >= 0.6 is 0 Å². The van der Waals surface area contributed by atoms with Gasteiger partial charge in [0.2, 0.25) is 0 Å². The van der Waals surface area contributed by atoms with Gasteiger partial charge in [-0.25, -0.2) is 0 Å². The van der Waals surface area contributed by atoms with Crippen LogP contribution in [0.1, 0.15) is 64.7 Å². The molecular formula is C20H30F2O4. The second-order valence-electron chi connectivity index (χ2n) is 6.98. The third kappa shape index (κ3) is 7.77. The summed E-state index contributed by atoms with van der Waals surface area (Å²) >= 11 is 0. The van der Waals surface area contributed by atoms with E-state index >= 15 is 0 Å². The van der Waals surface area contributed by atoms with Gasteiger partial charge in [-0.1, -0.05) is 38.0 Å². The highest BCUT2D eigenvalue weighted by Crippen LogP contribution is 2.34. The van der Waals surface area contributed by atoms with Crippen LogP contribution in [0.3, 0.4) is 0 Å². The molecule has 0 radical (unpaired) electrons. The largest absolute Gasteiger partial charge is 0.481 e. The fourth-order valence-corrected chi connectivity index (χ4v) is 3.16. The number of carboxylic acids is 1. The number of Topliss-reactive ketones (excluding diaryl/α,β-unsaturated/α-hetero) is 1. The number of aliphatic hydroxyl groups is 1. The van der Waals surface area contributed by atoms with Crippen LogP contribution in [0.25, 0.3) is 0 Å². The Balaban J connectivity index is 2.55. The molecule has 0 aromatic heterocycles. The highest BCUT2D eigenvalue weighted by Gasteiger charge is 2.37. The molecule has 3 atom stereocenters. The summed E-state index contributed by atoms with van der Waals surface area (Å²) in [7, 11) is 0. The van der Waals surface area contributed by atoms with Crippen LogP contribution < -0.4 is 0 Å². The van der Waals surface area contributed by atoms with Crippen molar-refractivity contribution >= 4 is 11.8 Å². The van der Waals surface area contributed by atoms with E-state index in [1.165, 1.54) is 6.08 Å². The Morgan fingerprint density at radius 1 is 1.35 bits per heavy atom. The topological polar surface area (TPSA) is 74.6 Å². The molecule has 0 bridgehead atoms. The van der Waals surface area contributed by atoms with Gasteiger partial charge in [0.25, 0.3) is 5.92 Å². The monoisotopic (exact) mass is 372 g/mol. The number of carbonyl (C=O) groups excluding carboxylic acids is 1. The van der Waals surface area contributed by atoms with E-state index in [2.05, 4.69) is 0 Å². The van der Waals surface area contributed by atoms with Crippen molar-refractivity contribution in [3.63, 3.8) is 0 Å². The lowest BCUT2D eigenvalue weighted by Gasteiger charge is -2.20. The zero-order valence-electron chi connectivity index (χ0n) is 15.4. The molecule has 0 heterocycles. The molecule has 1 unspecified atom stereocenters. The number of hydrogen-bond donors (Lipinski definition) is 2. The molecule has 2 N–H and O–H groups in total. The minimum absolute atomic E-state index is 0.0157. The number of hydrogen-bond acceptors (Lipinski definition) is 3. The summed E-state index contributed by atoms with van der Waals surface area (Å²) in [6, 6.07) is 0. The van der Waals surface area contributed by atoms with Gasteiger partial charge in [0.05, 0.1) is 0 Å². The van der Waals surface area contributed by atoms with Crippen molar-refractivity contribution in [1.29, 1.82) is 0 Å². The highest BCUT2D eigenvalue weighted by molar-refractivity contribution is 5.85. The Bertz CT molecular complexity index is 514. The third-order valence-electron chi connectivity index (χ3n) is 4.81. The zero-order valence-corrected chi connectivity index (χ0v) is 15.4. The number of carboxylic acid groups (broad SMARTS) is 1. The number of allylic oxidation sites excluding steroid dienone is 3. The molecule has 4 nitrogen and oxygen atoms in total. The maximum absolute atomic E-state index is 14.0. The van der Waals surface area contributed by atoms with E-state index in [0.29, 0.717) is 44.6 Å². The van der Waals surface area contributed by atoms with E-state index < -0.39 is 23.9 Å². The van der Waals surface area contributed by atoms with Crippen LogP contribution in [0.5, 0.6) is 0 Å². The molecule has 1 rings (SSSR count). The molecular weight excluding hydrogens is 342 g/mol. The van der Waals surface area contributed by atoms with Crippen LogP contribution in [-0.4, -0.2) is 34.0 Å². The Kier molecular flexibility index (Phi) is 9.70. The number of halogens is 2. The Morgan fingerprint density at radius 2 is 2.08 bits per heavy atom. The first-order valence-corrected chi connectivity index (χ1v) is 9.42. The summed E-state index contributed by atoms with van der Waals surface area (Å²) in [4.78, 5) is 22.4. The maximum Gasteiger partial charge on any atom is 0.303 e. The third-order valence-corrected chi connectivity index (χ3v) is 4.81. The van der Waals surface area contributed by atoms with Crippen molar-refractivity contribution in [3.05, 3.63) is 24.3 Å². The van der Waals surface area contributed by atoms with Gasteiger partial charge in [0.1, 0.15) is 11.9 Å². The van der Waals surface area contributed by atoms with Crippen molar-refractivity contribution in [1.82, 2.24) is 0 Å². The summed E-state index contributed by atoms with van der Waals surface area (Å²) in [6.45, 7) is 1.87. The quantitative estimate of drug-likeness (QED) is 0.390. The summed E-state index contributed by atoms with van der Waals surface area (Å²) < 4.78 is 28.0. The van der Waals surface area contributed by atoms with Gasteiger partial charge in [-0.2, -0.15) is 8.78 Å². The molecule has 0 aliphatic heterocycles. The lowest BCUT2D eigenvalue weighted by atomic mass is 9.91. The van der Waals surface area contributed by atoms with Crippen molar-refractivity contribution < 1.29 is 28.6 Å². The fourth-order valence-electron chi connectivity index (χ4n) is 3.16. The summed E-state index contributed by atoms with van der Waals surface area (Å²) in [5.41, 5.74) is 0. The van der Waals surface area contributed by atoms with Gasteiger partial charge >= 0.3 is 5.97 Å². The second kappa shape index (κ2) is 11.2. The number of unbranched alkanes of at least 4 members (excludes halogenated alkanes) is 2. The molecule has 6 heteroatoms. The van der Waals surface area contributed by atoms with Crippen LogP contribution in [0.2, 0.25) is 0 Å². The van der Waals surface area contributed by atoms with Gasteiger partial charge in [-0.3, -0.25) is 9.59 Å². The molecule has 0 aromatic carbocycles. The van der Waals surface area contributed by atoms with E-state index in [4.69, 9.17) is 5.11 Å². The first kappa shape index (κ1) is 22.5. The summed E-state index contributed by atoms with van der Waals surface area (Å²) in [6.07, 6.45) is 8.32. The molecule has 1 aliphatic carbocycles. The van der Waals surface area contributed by atoms with Crippen LogP contribution in [-0.2, 0) is 9.59 Å². The van der Waals surface area contributed by atoms with Gasteiger partial charge in [0, 0.05) is 18.8 Å². The Labute approximate surface area is 154 Å². The van der Waals surface area contributed by atoms with Crippen molar-refractivity contribution in [2.75, 3.05) is 0 Å². The molecule has 0 aromatic rings. The van der Waals surface area contributed by atoms with Gasteiger partial charge in [-0.05, 0) is 44.1 Å². The van der Waals surface area contributed by atoms with E-state index in [-0.39, 0.29) is 24.5 Å². The lowest BCUT2D eigenvalue weighted by molar-refractivity contribution is -0.137. The average molecular weight is 372 g/mol. The standard InChI is InChI=1S/C20H30F2O4/c1-2-3-9-18(24)20(21,22)14-13-16-15(11-12-17(16)23)8-6-4-5-7-10-19(25)26/h4,6,13-16,18,24H,2-3,5,7-12H2,1H3,(H,25,26)/b6-4-,14-13+/t15-,16+,18?/m0/s1. The average Bonchev–Trinajstić information content (AvgIpc) is 2.93. The Morgan fingerprint density at radius 3 is 2.73 bits per heavy atom. The molecule has 0 saturated heterocycles. The molecule has 0 spiro atoms. The normalized spacial score (nSPS) is 22.5. The van der Waals surface area contributed by atoms with Crippen molar-refractivity contribution in [3.8, 4) is 0 Å². The second-order valence-corrected chi connectivity index (χ2v) is 6.98. The lowest BCUT2D eigenvalue weighted by Crippen LogP contribution is -2.31. The Hall–Kier alpha value is -1.56. The smallest absolute Gasteiger partial charge is 0.303 e. The molecule has 1 aliphatic rings. The van der Waals surface area contributed by atoms with Crippen molar-refractivity contribution in [2.24, 2.45) is 11.8 Å². The number of ketones is 1. The SMILES string of the molecule is CCCCC(O)C(F)(F)/C=C/[C@H]1C(=O)CC[C@@H]1C/C=C\CCCC(=O)O. The van der Waals surface area contributed by atoms with Crippen LogP contribution in [0.15, 0.2) is 24.3 Å². The number of carbonyl (C=O) groups is 2.